The number of allylic oxidation sites excluding steroid dienone is 8. The molecule has 1 aliphatic rings. The molecule has 0 spiro atoms. The second kappa shape index (κ2) is 36.3. The van der Waals surface area contributed by atoms with Crippen molar-refractivity contribution in [2.45, 2.75) is 192 Å². The molecular weight excluding hydrogens is 936 g/mol. The van der Waals surface area contributed by atoms with E-state index in [0.29, 0.717) is 32.1 Å². The Morgan fingerprint density at radius 2 is 1.25 bits per heavy atom. The summed E-state index contributed by atoms with van der Waals surface area (Å²) in [4.78, 5) is 73.9. The van der Waals surface area contributed by atoms with Crippen molar-refractivity contribution < 1.29 is 71.1 Å². The topological polar surface area (TPSA) is 283 Å². The van der Waals surface area contributed by atoms with Gasteiger partial charge >= 0.3 is 33.3 Å². The van der Waals surface area contributed by atoms with Crippen molar-refractivity contribution in [1.82, 2.24) is 9.55 Å². The largest absolute Gasteiger partial charge is 0.481 e. The number of nitrogens with zero attached hydrogens (tertiary/aromatic N) is 2. The number of unbranched alkanes of at least 4 members (excludes halogenated alkanes) is 16. The van der Waals surface area contributed by atoms with Crippen LogP contribution < -0.4 is 11.4 Å². The molecule has 7 atom stereocenters. The SMILES string of the molecule is CCCCC/C=C\C=C\C(=O)CCCCCCCC(=O)O[C@H](COC(=O)CCCCCCC/C=C\C=C/CCCCCC)COP(=O)(O)OP(=O)(O)OC[C@H]1O[C@@H](n2ccc(N)nc2=O)[C@H](O)[C@@H]1O. The van der Waals surface area contributed by atoms with E-state index < -0.39 is 83.7 Å². The third-order valence-corrected chi connectivity index (χ3v) is 13.5. The van der Waals surface area contributed by atoms with Crippen molar-refractivity contribution in [3.8, 4) is 0 Å². The number of hydrogen-bond acceptors (Lipinski definition) is 16. The highest BCUT2D eigenvalue weighted by atomic mass is 31.3. The van der Waals surface area contributed by atoms with E-state index in [1.807, 2.05) is 6.08 Å². The summed E-state index contributed by atoms with van der Waals surface area (Å²) in [6, 6.07) is 1.24. The number of esters is 2. The van der Waals surface area contributed by atoms with Crippen LogP contribution in [0.4, 0.5) is 5.82 Å². The highest BCUT2D eigenvalue weighted by molar-refractivity contribution is 7.61. The number of phosphoric ester groups is 2. The van der Waals surface area contributed by atoms with Gasteiger partial charge in [-0.3, -0.25) is 28.0 Å². The summed E-state index contributed by atoms with van der Waals surface area (Å²) < 4.78 is 56.6. The maximum atomic E-state index is 12.8. The summed E-state index contributed by atoms with van der Waals surface area (Å²) >= 11 is 0. The predicted molar refractivity (Wildman–Crippen MR) is 261 cm³/mol. The van der Waals surface area contributed by atoms with E-state index in [4.69, 9.17) is 29.0 Å². The quantitative estimate of drug-likeness (QED) is 0.0135. The molecule has 69 heavy (non-hydrogen) atoms. The number of ether oxygens (including phenoxy) is 3. The van der Waals surface area contributed by atoms with Gasteiger partial charge in [-0.2, -0.15) is 9.29 Å². The molecule has 2 rings (SSSR count). The maximum Gasteiger partial charge on any atom is 0.481 e. The zero-order valence-corrected chi connectivity index (χ0v) is 42.4. The van der Waals surface area contributed by atoms with Crippen LogP contribution in [0.3, 0.4) is 0 Å². The van der Waals surface area contributed by atoms with Crippen LogP contribution in [0.2, 0.25) is 0 Å². The van der Waals surface area contributed by atoms with Gasteiger partial charge in [0, 0.05) is 25.5 Å². The van der Waals surface area contributed by atoms with Gasteiger partial charge in [-0.1, -0.05) is 127 Å². The second-order valence-electron chi connectivity index (χ2n) is 17.0. The molecule has 1 aliphatic heterocycles. The second-order valence-corrected chi connectivity index (χ2v) is 20.1. The number of phosphoric acid groups is 2. The molecule has 1 fully saturated rings. The van der Waals surface area contributed by atoms with Crippen molar-refractivity contribution in [2.75, 3.05) is 25.6 Å². The Hall–Kier alpha value is -3.61. The number of carbonyl (C=O) groups excluding carboxylic acids is 3. The van der Waals surface area contributed by atoms with Gasteiger partial charge in [0.2, 0.25) is 0 Å². The minimum atomic E-state index is -5.45. The molecule has 19 nitrogen and oxygen atoms in total. The average Bonchev–Trinajstić information content (AvgIpc) is 3.58. The minimum absolute atomic E-state index is 0.0383. The lowest BCUT2D eigenvalue weighted by atomic mass is 10.1. The number of carbonyl (C=O) groups is 3. The monoisotopic (exact) mass is 1020 g/mol. The van der Waals surface area contributed by atoms with Crippen molar-refractivity contribution in [3.05, 3.63) is 71.4 Å². The number of ketones is 1. The normalized spacial score (nSPS) is 19.7. The smallest absolute Gasteiger partial charge is 0.462 e. The Morgan fingerprint density at radius 1 is 0.725 bits per heavy atom. The molecule has 0 radical (unpaired) electrons. The molecule has 392 valence electrons. The number of rotatable bonds is 40. The first-order chi connectivity index (χ1) is 33.1. The fourth-order valence-electron chi connectivity index (χ4n) is 6.99. The Kier molecular flexibility index (Phi) is 32.4. The number of anilines is 1. The lowest BCUT2D eigenvalue weighted by Crippen LogP contribution is -2.36. The van der Waals surface area contributed by atoms with E-state index in [-0.39, 0.29) is 24.4 Å². The zero-order chi connectivity index (χ0) is 50.8. The fraction of sp³-hybridized carbons (Fsp3) is 0.688. The summed E-state index contributed by atoms with van der Waals surface area (Å²) in [6.07, 6.45) is 28.7. The van der Waals surface area contributed by atoms with Gasteiger partial charge in [0.25, 0.3) is 0 Å². The molecule has 1 aromatic heterocycles. The lowest BCUT2D eigenvalue weighted by molar-refractivity contribution is -0.161. The standard InChI is InChI=1S/C48H79N3O16P2/c1-3-5-7-9-11-12-13-14-15-16-17-18-20-24-28-32-43(53)62-36-40(65-44(54)33-29-25-21-23-27-31-39(52)30-26-22-19-10-8-6-4-2)37-63-68(58,59)67-69(60,61)64-38-41-45(55)46(56)47(66-41)51-35-34-42(49)50-48(51)57/h12-15,19,22,26,30,34-35,40-41,45-47,55-56H,3-11,16-18,20-21,23-25,27-29,31-33,36-38H2,1-2H3,(H,58,59)(H,60,61)(H2,49,50,57)/b13-12-,15-14-,22-19-,30-26+/t40-,41-,45-,46-,47-/m1/s1. The third kappa shape index (κ3) is 29.4. The minimum Gasteiger partial charge on any atom is -0.462 e. The number of nitrogen functional groups attached to an aromatic ring is 1. The molecule has 2 unspecified atom stereocenters. The predicted octanol–water partition coefficient (Wildman–Crippen LogP) is 8.96. The van der Waals surface area contributed by atoms with Crippen LogP contribution in [0.1, 0.15) is 168 Å². The Labute approximate surface area is 407 Å². The molecule has 21 heteroatoms. The molecule has 6 N–H and O–H groups in total. The highest BCUT2D eigenvalue weighted by Crippen LogP contribution is 2.60. The van der Waals surface area contributed by atoms with E-state index in [0.717, 1.165) is 81.4 Å². The van der Waals surface area contributed by atoms with Crippen LogP contribution in [0, 0.1) is 0 Å². The van der Waals surface area contributed by atoms with Gasteiger partial charge in [-0.05, 0) is 69.9 Å². The molecule has 1 saturated heterocycles. The highest BCUT2D eigenvalue weighted by Gasteiger charge is 2.46. The van der Waals surface area contributed by atoms with Crippen molar-refractivity contribution in [3.63, 3.8) is 0 Å². The van der Waals surface area contributed by atoms with E-state index >= 15 is 0 Å². The van der Waals surface area contributed by atoms with Crippen LogP contribution in [-0.4, -0.2) is 91.5 Å². The molecular formula is C48H79N3O16P2. The third-order valence-electron chi connectivity index (χ3n) is 10.9. The number of hydrogen-bond donors (Lipinski definition) is 5. The van der Waals surface area contributed by atoms with Gasteiger partial charge in [0.1, 0.15) is 30.7 Å². The zero-order valence-electron chi connectivity index (χ0n) is 40.6. The molecule has 0 saturated carbocycles. The van der Waals surface area contributed by atoms with Crippen LogP contribution in [-0.2, 0) is 51.1 Å². The molecule has 1 aromatic rings. The summed E-state index contributed by atoms with van der Waals surface area (Å²) in [5.41, 5.74) is 4.57. The number of nitrogens with two attached hydrogens (primary N) is 1. The van der Waals surface area contributed by atoms with Gasteiger partial charge in [0.05, 0.1) is 13.2 Å². The van der Waals surface area contributed by atoms with E-state index in [9.17, 15) is 48.3 Å². The summed E-state index contributed by atoms with van der Waals surface area (Å²) in [5.74, 6) is -1.37. The molecule has 0 bridgehead atoms. The first-order valence-corrected chi connectivity index (χ1v) is 27.6. The Balaban J connectivity index is 1.85. The molecule has 0 aromatic carbocycles. The van der Waals surface area contributed by atoms with Crippen LogP contribution in [0.25, 0.3) is 0 Å². The van der Waals surface area contributed by atoms with Gasteiger partial charge in [-0.25, -0.2) is 13.9 Å². The Morgan fingerprint density at radius 3 is 1.87 bits per heavy atom. The van der Waals surface area contributed by atoms with Gasteiger partial charge < -0.3 is 39.9 Å². The van der Waals surface area contributed by atoms with E-state index in [1.54, 1.807) is 12.2 Å². The van der Waals surface area contributed by atoms with Crippen LogP contribution >= 0.6 is 15.6 Å². The summed E-state index contributed by atoms with van der Waals surface area (Å²) in [5, 5.41) is 20.9. The first-order valence-electron chi connectivity index (χ1n) is 24.6. The van der Waals surface area contributed by atoms with Crippen molar-refractivity contribution in [2.24, 2.45) is 0 Å². The number of aliphatic hydroxyl groups is 2. The molecule has 0 aliphatic carbocycles. The van der Waals surface area contributed by atoms with E-state index in [1.165, 1.54) is 38.2 Å². The van der Waals surface area contributed by atoms with Crippen molar-refractivity contribution in [1.29, 1.82) is 0 Å². The van der Waals surface area contributed by atoms with Gasteiger partial charge in [0.15, 0.2) is 18.1 Å². The van der Waals surface area contributed by atoms with Crippen LogP contribution in [0.5, 0.6) is 0 Å². The first kappa shape index (κ1) is 61.5. The lowest BCUT2D eigenvalue weighted by Gasteiger charge is -2.21. The van der Waals surface area contributed by atoms with Crippen molar-refractivity contribution >= 4 is 39.2 Å². The number of aromatic nitrogens is 2. The average molecular weight is 1020 g/mol. The molecule has 0 amide bonds. The van der Waals surface area contributed by atoms with Gasteiger partial charge in [-0.15, -0.1) is 0 Å². The maximum absolute atomic E-state index is 12.8. The Bertz CT molecular complexity index is 1910. The number of aliphatic hydroxyl groups excluding tert-OH is 2. The summed E-state index contributed by atoms with van der Waals surface area (Å²) in [7, 11) is -10.9. The molecule has 2 heterocycles. The fourth-order valence-corrected chi connectivity index (χ4v) is 9.10. The summed E-state index contributed by atoms with van der Waals surface area (Å²) in [6.45, 7) is 1.94. The van der Waals surface area contributed by atoms with Crippen LogP contribution in [0.15, 0.2) is 65.7 Å². The van der Waals surface area contributed by atoms with E-state index in [2.05, 4.69) is 53.5 Å².